The van der Waals surface area contributed by atoms with Crippen LogP contribution in [-0.4, -0.2) is 32.3 Å². The Labute approximate surface area is 110 Å². The maximum Gasteiger partial charge on any atom is 0.407 e. The molecule has 0 saturated carbocycles. The van der Waals surface area contributed by atoms with Crippen LogP contribution in [0.4, 0.5) is 14.9 Å². The van der Waals surface area contributed by atoms with E-state index < -0.39 is 11.9 Å². The van der Waals surface area contributed by atoms with Crippen molar-refractivity contribution in [3.05, 3.63) is 29.6 Å². The van der Waals surface area contributed by atoms with Gasteiger partial charge in [-0.3, -0.25) is 0 Å². The fourth-order valence-electron chi connectivity index (χ4n) is 2.21. The molecule has 5 nitrogen and oxygen atoms in total. The maximum atomic E-state index is 13.5. The van der Waals surface area contributed by atoms with Crippen molar-refractivity contribution < 1.29 is 13.9 Å². The lowest BCUT2D eigenvalue weighted by atomic mass is 10.1. The van der Waals surface area contributed by atoms with E-state index in [4.69, 9.17) is 5.26 Å². The van der Waals surface area contributed by atoms with Crippen LogP contribution in [0.25, 0.3) is 0 Å². The van der Waals surface area contributed by atoms with Gasteiger partial charge in [0.15, 0.2) is 0 Å². The van der Waals surface area contributed by atoms with Crippen LogP contribution in [0.3, 0.4) is 0 Å². The second-order valence-corrected chi connectivity index (χ2v) is 4.31. The molecule has 1 unspecified atom stereocenters. The molecule has 2 rings (SSSR count). The first kappa shape index (κ1) is 13.1. The minimum Gasteiger partial charge on any atom is -0.453 e. The van der Waals surface area contributed by atoms with Crippen molar-refractivity contribution in [2.24, 2.45) is 0 Å². The molecule has 1 amide bonds. The van der Waals surface area contributed by atoms with Crippen molar-refractivity contribution in [1.29, 1.82) is 5.26 Å². The lowest BCUT2D eigenvalue weighted by Gasteiger charge is -2.20. The predicted octanol–water partition coefficient (Wildman–Crippen LogP) is 1.63. The number of amides is 1. The Morgan fingerprint density at radius 1 is 1.63 bits per heavy atom. The molecule has 6 heteroatoms. The van der Waals surface area contributed by atoms with E-state index in [1.165, 1.54) is 13.2 Å². The van der Waals surface area contributed by atoms with Gasteiger partial charge in [-0.05, 0) is 18.6 Å². The Morgan fingerprint density at radius 2 is 2.42 bits per heavy atom. The van der Waals surface area contributed by atoms with E-state index in [-0.39, 0.29) is 11.6 Å². The number of anilines is 1. The van der Waals surface area contributed by atoms with Gasteiger partial charge < -0.3 is 15.0 Å². The predicted molar refractivity (Wildman–Crippen MR) is 67.3 cm³/mol. The van der Waals surface area contributed by atoms with Gasteiger partial charge in [0, 0.05) is 13.1 Å². The first-order valence-corrected chi connectivity index (χ1v) is 5.93. The van der Waals surface area contributed by atoms with Crippen LogP contribution in [0.15, 0.2) is 18.2 Å². The number of nitrogens with one attached hydrogen (secondary N) is 1. The third kappa shape index (κ3) is 2.76. The maximum absolute atomic E-state index is 13.5. The molecule has 0 aromatic heterocycles. The lowest BCUT2D eigenvalue weighted by molar-refractivity contribution is 0.167. The Morgan fingerprint density at radius 3 is 3.11 bits per heavy atom. The number of rotatable bonds is 2. The van der Waals surface area contributed by atoms with Gasteiger partial charge in [0.25, 0.3) is 0 Å². The summed E-state index contributed by atoms with van der Waals surface area (Å²) < 4.78 is 18.1. The number of ether oxygens (including phenoxy) is 1. The first-order chi connectivity index (χ1) is 9.15. The standard InChI is InChI=1S/C13H14FN3O2/c1-19-13(18)16-9-5-6-17(8-9)12-4-2-3-11(14)10(12)7-15/h2-4,9H,5-6,8H2,1H3,(H,16,18). The highest BCUT2D eigenvalue weighted by Gasteiger charge is 2.26. The van der Waals surface area contributed by atoms with Crippen LogP contribution in [0.2, 0.25) is 0 Å². The number of carbonyl (C=O) groups excluding carboxylic acids is 1. The number of halogens is 1. The van der Waals surface area contributed by atoms with Crippen LogP contribution < -0.4 is 10.2 Å². The summed E-state index contributed by atoms with van der Waals surface area (Å²) in [7, 11) is 1.31. The molecule has 1 N–H and O–H groups in total. The molecule has 0 bridgehead atoms. The third-order valence-corrected chi connectivity index (χ3v) is 3.14. The smallest absolute Gasteiger partial charge is 0.407 e. The number of nitriles is 1. The van der Waals surface area contributed by atoms with Gasteiger partial charge in [0.2, 0.25) is 0 Å². The molecule has 1 saturated heterocycles. The molecule has 0 spiro atoms. The summed E-state index contributed by atoms with van der Waals surface area (Å²) in [5.41, 5.74) is 0.609. The molecule has 1 fully saturated rings. The molecule has 100 valence electrons. The number of benzene rings is 1. The lowest BCUT2D eigenvalue weighted by Crippen LogP contribution is -2.37. The molecular formula is C13H14FN3O2. The Balaban J connectivity index is 2.11. The average Bonchev–Trinajstić information content (AvgIpc) is 2.86. The first-order valence-electron chi connectivity index (χ1n) is 5.93. The summed E-state index contributed by atoms with van der Waals surface area (Å²) in [6, 6.07) is 6.38. The quantitative estimate of drug-likeness (QED) is 0.880. The minimum absolute atomic E-state index is 0.0428. The van der Waals surface area contributed by atoms with Crippen molar-refractivity contribution in [1.82, 2.24) is 5.32 Å². The summed E-state index contributed by atoms with van der Waals surface area (Å²) >= 11 is 0. The van der Waals surface area contributed by atoms with Crippen LogP contribution >= 0.6 is 0 Å². The Bertz CT molecular complexity index is 527. The fourth-order valence-corrected chi connectivity index (χ4v) is 2.21. The van der Waals surface area contributed by atoms with Gasteiger partial charge in [0.1, 0.15) is 17.4 Å². The number of hydrogen-bond acceptors (Lipinski definition) is 4. The molecule has 0 radical (unpaired) electrons. The fraction of sp³-hybridized carbons (Fsp3) is 0.385. The molecule has 1 atom stereocenters. The zero-order valence-electron chi connectivity index (χ0n) is 10.5. The Hall–Kier alpha value is -2.29. The topological polar surface area (TPSA) is 65.4 Å². The summed E-state index contributed by atoms with van der Waals surface area (Å²) in [6.45, 7) is 1.19. The van der Waals surface area contributed by atoms with E-state index in [1.807, 2.05) is 11.0 Å². The van der Waals surface area contributed by atoms with E-state index in [2.05, 4.69) is 10.1 Å². The third-order valence-electron chi connectivity index (χ3n) is 3.14. The molecule has 19 heavy (non-hydrogen) atoms. The van der Waals surface area contributed by atoms with Crippen LogP contribution in [0.1, 0.15) is 12.0 Å². The van der Waals surface area contributed by atoms with Gasteiger partial charge in [-0.1, -0.05) is 6.07 Å². The van der Waals surface area contributed by atoms with E-state index in [9.17, 15) is 9.18 Å². The van der Waals surface area contributed by atoms with Crippen LogP contribution in [0.5, 0.6) is 0 Å². The molecular weight excluding hydrogens is 249 g/mol. The van der Waals surface area contributed by atoms with Crippen molar-refractivity contribution in [2.75, 3.05) is 25.1 Å². The number of hydrogen-bond donors (Lipinski definition) is 1. The highest BCUT2D eigenvalue weighted by Crippen LogP contribution is 2.26. The summed E-state index contributed by atoms with van der Waals surface area (Å²) in [6.07, 6.45) is 0.253. The van der Waals surface area contributed by atoms with E-state index in [0.717, 1.165) is 6.42 Å². The largest absolute Gasteiger partial charge is 0.453 e. The van der Waals surface area contributed by atoms with E-state index >= 15 is 0 Å². The molecule has 1 aromatic rings. The highest BCUT2D eigenvalue weighted by atomic mass is 19.1. The highest BCUT2D eigenvalue weighted by molar-refractivity contribution is 5.68. The van der Waals surface area contributed by atoms with Crippen LogP contribution in [0, 0.1) is 17.1 Å². The van der Waals surface area contributed by atoms with Gasteiger partial charge in [-0.2, -0.15) is 5.26 Å². The molecule has 0 aliphatic carbocycles. The van der Waals surface area contributed by atoms with Gasteiger partial charge in [-0.15, -0.1) is 0 Å². The number of alkyl carbamates (subject to hydrolysis) is 1. The van der Waals surface area contributed by atoms with E-state index in [0.29, 0.717) is 18.8 Å². The normalized spacial score (nSPS) is 17.9. The molecule has 1 aliphatic rings. The van der Waals surface area contributed by atoms with E-state index in [1.54, 1.807) is 12.1 Å². The van der Waals surface area contributed by atoms with Crippen molar-refractivity contribution in [3.8, 4) is 6.07 Å². The average molecular weight is 263 g/mol. The summed E-state index contributed by atoms with van der Waals surface area (Å²) in [5.74, 6) is -0.524. The molecule has 1 aliphatic heterocycles. The SMILES string of the molecule is COC(=O)NC1CCN(c2cccc(F)c2C#N)C1. The minimum atomic E-state index is -0.524. The summed E-state index contributed by atoms with van der Waals surface area (Å²) in [4.78, 5) is 13.0. The second-order valence-electron chi connectivity index (χ2n) is 4.31. The zero-order valence-corrected chi connectivity index (χ0v) is 10.5. The van der Waals surface area contributed by atoms with Gasteiger partial charge in [0.05, 0.1) is 18.8 Å². The van der Waals surface area contributed by atoms with Gasteiger partial charge >= 0.3 is 6.09 Å². The van der Waals surface area contributed by atoms with Crippen LogP contribution in [-0.2, 0) is 4.74 Å². The van der Waals surface area contributed by atoms with Crippen molar-refractivity contribution in [3.63, 3.8) is 0 Å². The number of nitrogens with zero attached hydrogens (tertiary/aromatic N) is 2. The monoisotopic (exact) mass is 263 g/mol. The van der Waals surface area contributed by atoms with Gasteiger partial charge in [-0.25, -0.2) is 9.18 Å². The number of carbonyl (C=O) groups is 1. The Kier molecular flexibility index (Phi) is 3.85. The second kappa shape index (κ2) is 5.57. The number of methoxy groups -OCH3 is 1. The summed E-state index contributed by atoms with van der Waals surface area (Å²) in [5, 5.41) is 11.7. The zero-order chi connectivity index (χ0) is 13.8. The van der Waals surface area contributed by atoms with Crippen molar-refractivity contribution >= 4 is 11.8 Å². The molecule has 1 heterocycles. The molecule has 1 aromatic carbocycles. The van der Waals surface area contributed by atoms with Crippen molar-refractivity contribution in [2.45, 2.75) is 12.5 Å².